The second-order valence-corrected chi connectivity index (χ2v) is 7.94. The Morgan fingerprint density at radius 3 is 2.58 bits per heavy atom. The number of hydrogen-bond acceptors (Lipinski definition) is 5. The maximum Gasteiger partial charge on any atom is 0.416 e. The quantitative estimate of drug-likeness (QED) is 0.456. The van der Waals surface area contributed by atoms with Gasteiger partial charge in [0.1, 0.15) is 6.33 Å². The summed E-state index contributed by atoms with van der Waals surface area (Å²) in [6, 6.07) is 12.5. The van der Waals surface area contributed by atoms with Gasteiger partial charge in [-0.05, 0) is 41.7 Å². The van der Waals surface area contributed by atoms with Crippen molar-refractivity contribution in [2.24, 2.45) is 0 Å². The molecule has 2 aromatic carbocycles. The lowest BCUT2D eigenvalue weighted by Gasteiger charge is -2.27. The molecule has 33 heavy (non-hydrogen) atoms. The number of methoxy groups -OCH3 is 1. The van der Waals surface area contributed by atoms with Crippen molar-refractivity contribution in [3.8, 4) is 0 Å². The standard InChI is InChI=1S/C24H24F4N4O/c1-33-14-17-5-2-4-16(12-17)13-29-22-21(25)23(31-15-30-22)32-11-3-6-20(32)18-7-9-19(10-8-18)24(26,27)28/h2,4-5,7-10,12,15,20H,3,6,11,13-14H2,1H3,(H,29,30,31). The number of hydrogen-bond donors (Lipinski definition) is 1. The number of rotatable bonds is 7. The SMILES string of the molecule is COCc1cccc(CNc2ncnc(N3CCCC3c3ccc(C(F)(F)F)cc3)c2F)c1. The average molecular weight is 460 g/mol. The largest absolute Gasteiger partial charge is 0.416 e. The zero-order valence-electron chi connectivity index (χ0n) is 18.1. The predicted molar refractivity (Wildman–Crippen MR) is 117 cm³/mol. The third kappa shape index (κ3) is 5.24. The summed E-state index contributed by atoms with van der Waals surface area (Å²) < 4.78 is 59.2. The van der Waals surface area contributed by atoms with Gasteiger partial charge >= 0.3 is 6.18 Å². The zero-order chi connectivity index (χ0) is 23.4. The van der Waals surface area contributed by atoms with Gasteiger partial charge < -0.3 is 15.0 Å². The molecule has 174 valence electrons. The highest BCUT2D eigenvalue weighted by molar-refractivity contribution is 5.53. The number of nitrogens with one attached hydrogen (secondary N) is 1. The Labute approximate surface area is 189 Å². The summed E-state index contributed by atoms with van der Waals surface area (Å²) in [7, 11) is 1.62. The van der Waals surface area contributed by atoms with E-state index < -0.39 is 17.6 Å². The van der Waals surface area contributed by atoms with E-state index in [4.69, 9.17) is 4.74 Å². The first kappa shape index (κ1) is 23.0. The molecule has 1 saturated heterocycles. The molecule has 0 aliphatic carbocycles. The third-order valence-corrected chi connectivity index (χ3v) is 5.68. The normalized spacial score (nSPS) is 16.3. The maximum absolute atomic E-state index is 15.3. The topological polar surface area (TPSA) is 50.3 Å². The van der Waals surface area contributed by atoms with Crippen molar-refractivity contribution in [1.82, 2.24) is 9.97 Å². The summed E-state index contributed by atoms with van der Waals surface area (Å²) in [5, 5.41) is 3.02. The maximum atomic E-state index is 15.3. The molecule has 1 atom stereocenters. The Morgan fingerprint density at radius 2 is 1.85 bits per heavy atom. The monoisotopic (exact) mass is 460 g/mol. The molecule has 0 amide bonds. The number of alkyl halides is 3. The molecular weight excluding hydrogens is 436 g/mol. The Balaban J connectivity index is 1.52. The fraction of sp³-hybridized carbons (Fsp3) is 0.333. The van der Waals surface area contributed by atoms with Crippen LogP contribution in [0, 0.1) is 5.82 Å². The van der Waals surface area contributed by atoms with E-state index in [0.717, 1.165) is 29.7 Å². The van der Waals surface area contributed by atoms with Crippen molar-refractivity contribution in [3.63, 3.8) is 0 Å². The van der Waals surface area contributed by atoms with Gasteiger partial charge in [-0.3, -0.25) is 0 Å². The first-order chi connectivity index (χ1) is 15.9. The molecule has 2 heterocycles. The van der Waals surface area contributed by atoms with Crippen LogP contribution in [0.15, 0.2) is 54.9 Å². The van der Waals surface area contributed by atoms with Crippen molar-refractivity contribution < 1.29 is 22.3 Å². The summed E-state index contributed by atoms with van der Waals surface area (Å²) in [4.78, 5) is 9.99. The molecule has 0 bridgehead atoms. The van der Waals surface area contributed by atoms with Crippen LogP contribution in [0.25, 0.3) is 0 Å². The van der Waals surface area contributed by atoms with E-state index >= 15 is 4.39 Å². The molecule has 0 saturated carbocycles. The van der Waals surface area contributed by atoms with Gasteiger partial charge in [-0.15, -0.1) is 0 Å². The first-order valence-electron chi connectivity index (χ1n) is 10.6. The lowest BCUT2D eigenvalue weighted by atomic mass is 10.0. The number of aromatic nitrogens is 2. The summed E-state index contributed by atoms with van der Waals surface area (Å²) in [6.45, 7) is 1.41. The fourth-order valence-electron chi connectivity index (χ4n) is 4.13. The van der Waals surface area contributed by atoms with Gasteiger partial charge in [-0.2, -0.15) is 17.6 Å². The van der Waals surface area contributed by atoms with E-state index in [9.17, 15) is 13.2 Å². The van der Waals surface area contributed by atoms with Crippen LogP contribution in [0.4, 0.5) is 29.2 Å². The van der Waals surface area contributed by atoms with Crippen LogP contribution in [0.1, 0.15) is 41.1 Å². The van der Waals surface area contributed by atoms with E-state index in [1.54, 1.807) is 12.0 Å². The highest BCUT2D eigenvalue weighted by Gasteiger charge is 2.33. The summed E-state index contributed by atoms with van der Waals surface area (Å²) >= 11 is 0. The van der Waals surface area contributed by atoms with Crippen LogP contribution in [-0.4, -0.2) is 23.6 Å². The highest BCUT2D eigenvalue weighted by Crippen LogP contribution is 2.38. The van der Waals surface area contributed by atoms with Crippen LogP contribution in [0.3, 0.4) is 0 Å². The Bertz CT molecular complexity index is 1090. The average Bonchev–Trinajstić information content (AvgIpc) is 3.28. The van der Waals surface area contributed by atoms with E-state index in [2.05, 4.69) is 15.3 Å². The Kier molecular flexibility index (Phi) is 6.78. The lowest BCUT2D eigenvalue weighted by Crippen LogP contribution is -2.25. The first-order valence-corrected chi connectivity index (χ1v) is 10.6. The van der Waals surface area contributed by atoms with Crippen LogP contribution in [0.2, 0.25) is 0 Å². The summed E-state index contributed by atoms with van der Waals surface area (Å²) in [5.74, 6) is -0.359. The zero-order valence-corrected chi connectivity index (χ0v) is 18.1. The highest BCUT2D eigenvalue weighted by atomic mass is 19.4. The second kappa shape index (κ2) is 9.74. The van der Waals surface area contributed by atoms with Crippen LogP contribution in [0.5, 0.6) is 0 Å². The van der Waals surface area contributed by atoms with Gasteiger partial charge in [0.2, 0.25) is 5.82 Å². The summed E-state index contributed by atoms with van der Waals surface area (Å²) in [6.07, 6.45) is -1.62. The van der Waals surface area contributed by atoms with Crippen molar-refractivity contribution in [2.45, 2.75) is 38.2 Å². The fourth-order valence-corrected chi connectivity index (χ4v) is 4.13. The summed E-state index contributed by atoms with van der Waals surface area (Å²) in [5.41, 5.74) is 1.96. The predicted octanol–water partition coefficient (Wildman–Crippen LogP) is 5.73. The minimum absolute atomic E-state index is 0.0789. The van der Waals surface area contributed by atoms with E-state index in [1.807, 2.05) is 24.3 Å². The molecular formula is C24H24F4N4O. The number of halogens is 4. The molecule has 5 nitrogen and oxygen atoms in total. The minimum atomic E-state index is -4.39. The van der Waals surface area contributed by atoms with Crippen molar-refractivity contribution in [2.75, 3.05) is 23.9 Å². The van der Waals surface area contributed by atoms with Gasteiger partial charge in [0.05, 0.1) is 18.2 Å². The molecule has 3 aromatic rings. The smallest absolute Gasteiger partial charge is 0.380 e. The molecule has 4 rings (SSSR count). The van der Waals surface area contributed by atoms with Crippen LogP contribution in [-0.2, 0) is 24.1 Å². The minimum Gasteiger partial charge on any atom is -0.380 e. The van der Waals surface area contributed by atoms with E-state index in [1.165, 1.54) is 18.5 Å². The number of anilines is 2. The van der Waals surface area contributed by atoms with Gasteiger partial charge in [0.15, 0.2) is 11.6 Å². The lowest BCUT2D eigenvalue weighted by molar-refractivity contribution is -0.137. The van der Waals surface area contributed by atoms with Crippen molar-refractivity contribution >= 4 is 11.6 Å². The van der Waals surface area contributed by atoms with Crippen molar-refractivity contribution in [1.29, 1.82) is 0 Å². The molecule has 1 aliphatic heterocycles. The van der Waals surface area contributed by atoms with Gasteiger partial charge in [0.25, 0.3) is 0 Å². The number of benzene rings is 2. The second-order valence-electron chi connectivity index (χ2n) is 7.94. The van der Waals surface area contributed by atoms with Crippen molar-refractivity contribution in [3.05, 3.63) is 82.9 Å². The molecule has 1 unspecified atom stereocenters. The Morgan fingerprint density at radius 1 is 1.09 bits per heavy atom. The molecule has 1 N–H and O–H groups in total. The molecule has 9 heteroatoms. The molecule has 1 fully saturated rings. The van der Waals surface area contributed by atoms with Crippen LogP contribution >= 0.6 is 0 Å². The van der Waals surface area contributed by atoms with Gasteiger partial charge in [-0.1, -0.05) is 36.4 Å². The molecule has 1 aromatic heterocycles. The van der Waals surface area contributed by atoms with Gasteiger partial charge in [-0.25, -0.2) is 9.97 Å². The van der Waals surface area contributed by atoms with Gasteiger partial charge in [0, 0.05) is 20.2 Å². The van der Waals surface area contributed by atoms with Crippen LogP contribution < -0.4 is 10.2 Å². The molecule has 1 aliphatic rings. The molecule has 0 spiro atoms. The number of nitrogens with zero attached hydrogens (tertiary/aromatic N) is 3. The molecule has 0 radical (unpaired) electrons. The third-order valence-electron chi connectivity index (χ3n) is 5.68. The van der Waals surface area contributed by atoms with E-state index in [0.29, 0.717) is 31.7 Å². The van der Waals surface area contributed by atoms with E-state index in [-0.39, 0.29) is 17.7 Å². The number of ether oxygens (including phenoxy) is 1. The Hall–Kier alpha value is -3.20.